The molecule has 0 bridgehead atoms. The van der Waals surface area contributed by atoms with Crippen LogP contribution in [0.3, 0.4) is 0 Å². The SMILES string of the molecule is Cc1ccc(NC(=O)CN(C)C(=O)C[NH+]2CCN(c3ccc([N+](=O)[O-])cc3)CC2)cc1. The Morgan fingerprint density at radius 3 is 2.29 bits per heavy atom. The first-order valence-corrected chi connectivity index (χ1v) is 10.3. The van der Waals surface area contributed by atoms with E-state index in [0.29, 0.717) is 12.2 Å². The fraction of sp³-hybridized carbons (Fsp3) is 0.364. The predicted molar refractivity (Wildman–Crippen MR) is 118 cm³/mol. The Morgan fingerprint density at radius 2 is 1.71 bits per heavy atom. The van der Waals surface area contributed by atoms with E-state index in [9.17, 15) is 19.7 Å². The Kier molecular flexibility index (Phi) is 7.19. The lowest BCUT2D eigenvalue weighted by atomic mass is 10.2. The minimum absolute atomic E-state index is 0.00884. The molecule has 31 heavy (non-hydrogen) atoms. The molecule has 164 valence electrons. The first-order chi connectivity index (χ1) is 14.8. The second kappa shape index (κ2) is 10.0. The maximum absolute atomic E-state index is 12.5. The van der Waals surface area contributed by atoms with Crippen molar-refractivity contribution in [1.82, 2.24) is 4.90 Å². The molecule has 2 amide bonds. The summed E-state index contributed by atoms with van der Waals surface area (Å²) in [4.78, 5) is 39.9. The molecule has 0 aromatic heterocycles. The number of quaternary nitrogens is 1. The highest BCUT2D eigenvalue weighted by Gasteiger charge is 2.24. The summed E-state index contributed by atoms with van der Waals surface area (Å²) in [6, 6.07) is 14.1. The molecule has 1 heterocycles. The third-order valence-corrected chi connectivity index (χ3v) is 5.44. The van der Waals surface area contributed by atoms with Gasteiger partial charge in [-0.3, -0.25) is 19.7 Å². The van der Waals surface area contributed by atoms with E-state index in [-0.39, 0.29) is 24.0 Å². The highest BCUT2D eigenvalue weighted by Crippen LogP contribution is 2.19. The normalized spacial score (nSPS) is 14.2. The molecule has 2 aromatic rings. The Balaban J connectivity index is 1.43. The third-order valence-electron chi connectivity index (χ3n) is 5.44. The zero-order chi connectivity index (χ0) is 22.4. The number of nitro benzene ring substituents is 1. The number of non-ortho nitro benzene ring substituents is 1. The summed E-state index contributed by atoms with van der Waals surface area (Å²) >= 11 is 0. The monoisotopic (exact) mass is 426 g/mol. The van der Waals surface area contributed by atoms with Crippen LogP contribution in [0.4, 0.5) is 17.1 Å². The lowest BCUT2D eigenvalue weighted by Gasteiger charge is -2.33. The molecular formula is C22H28N5O4+. The lowest BCUT2D eigenvalue weighted by Crippen LogP contribution is -3.15. The van der Waals surface area contributed by atoms with Crippen LogP contribution in [0.5, 0.6) is 0 Å². The molecule has 0 radical (unpaired) electrons. The molecule has 3 rings (SSSR count). The van der Waals surface area contributed by atoms with E-state index in [2.05, 4.69) is 10.2 Å². The number of aryl methyl sites for hydroxylation is 1. The Morgan fingerprint density at radius 1 is 1.10 bits per heavy atom. The molecule has 1 aliphatic rings. The van der Waals surface area contributed by atoms with Crippen LogP contribution in [0, 0.1) is 17.0 Å². The molecule has 9 heteroatoms. The van der Waals surface area contributed by atoms with E-state index in [1.807, 2.05) is 31.2 Å². The van der Waals surface area contributed by atoms with Gasteiger partial charge in [0, 0.05) is 30.6 Å². The van der Waals surface area contributed by atoms with E-state index in [0.717, 1.165) is 42.3 Å². The van der Waals surface area contributed by atoms with Crippen molar-refractivity contribution in [2.24, 2.45) is 0 Å². The standard InChI is InChI=1S/C22H27N5O4/c1-17-3-5-18(6-4-17)23-21(28)15-24(2)22(29)16-25-11-13-26(14-12-25)19-7-9-20(10-8-19)27(30)31/h3-10H,11-16H2,1-2H3,(H,23,28)/p+1. The van der Waals surface area contributed by atoms with Gasteiger partial charge in [0.1, 0.15) is 0 Å². The van der Waals surface area contributed by atoms with Gasteiger partial charge >= 0.3 is 0 Å². The Labute approximate surface area is 181 Å². The summed E-state index contributed by atoms with van der Waals surface area (Å²) in [6.07, 6.45) is 0. The number of hydrogen-bond acceptors (Lipinski definition) is 5. The predicted octanol–water partition coefficient (Wildman–Crippen LogP) is 0.705. The number of hydrogen-bond donors (Lipinski definition) is 2. The second-order valence-corrected chi connectivity index (χ2v) is 7.85. The van der Waals surface area contributed by atoms with Gasteiger partial charge in [0.2, 0.25) is 5.91 Å². The number of carbonyl (C=O) groups is 2. The highest BCUT2D eigenvalue weighted by atomic mass is 16.6. The van der Waals surface area contributed by atoms with Crippen LogP contribution in [0.2, 0.25) is 0 Å². The summed E-state index contributed by atoms with van der Waals surface area (Å²) in [5, 5.41) is 13.6. The van der Waals surface area contributed by atoms with E-state index in [1.54, 1.807) is 19.2 Å². The van der Waals surface area contributed by atoms with Crippen molar-refractivity contribution in [3.63, 3.8) is 0 Å². The molecule has 2 N–H and O–H groups in total. The van der Waals surface area contributed by atoms with Crippen LogP contribution >= 0.6 is 0 Å². The van der Waals surface area contributed by atoms with Crippen molar-refractivity contribution in [2.45, 2.75) is 6.92 Å². The maximum atomic E-state index is 12.5. The molecule has 1 saturated heterocycles. The van der Waals surface area contributed by atoms with Crippen molar-refractivity contribution in [2.75, 3.05) is 56.5 Å². The van der Waals surface area contributed by atoms with Gasteiger partial charge in [-0.05, 0) is 31.2 Å². The van der Waals surface area contributed by atoms with E-state index < -0.39 is 4.92 Å². The summed E-state index contributed by atoms with van der Waals surface area (Å²) in [6.45, 7) is 5.41. The van der Waals surface area contributed by atoms with Gasteiger partial charge in [0.15, 0.2) is 6.54 Å². The number of nitrogens with one attached hydrogen (secondary N) is 2. The van der Waals surface area contributed by atoms with Gasteiger partial charge in [-0.15, -0.1) is 0 Å². The van der Waals surface area contributed by atoms with Crippen molar-refractivity contribution in [3.8, 4) is 0 Å². The summed E-state index contributed by atoms with van der Waals surface area (Å²) in [5.74, 6) is -0.296. The van der Waals surface area contributed by atoms with E-state index in [1.165, 1.54) is 17.0 Å². The van der Waals surface area contributed by atoms with Crippen molar-refractivity contribution in [1.29, 1.82) is 0 Å². The largest absolute Gasteiger partial charge is 0.360 e. The fourth-order valence-electron chi connectivity index (χ4n) is 3.53. The van der Waals surface area contributed by atoms with Crippen molar-refractivity contribution >= 4 is 28.9 Å². The van der Waals surface area contributed by atoms with Crippen molar-refractivity contribution in [3.05, 3.63) is 64.2 Å². The number of piperazine rings is 1. The van der Waals surface area contributed by atoms with Crippen LogP contribution < -0.4 is 15.1 Å². The van der Waals surface area contributed by atoms with Gasteiger partial charge in [0.05, 0.1) is 37.6 Å². The number of amides is 2. The minimum Gasteiger partial charge on any atom is -0.360 e. The van der Waals surface area contributed by atoms with Crippen LogP contribution in [-0.4, -0.2) is 68.0 Å². The number of rotatable bonds is 7. The topological polar surface area (TPSA) is 100 Å². The first-order valence-electron chi connectivity index (χ1n) is 10.3. The molecule has 9 nitrogen and oxygen atoms in total. The van der Waals surface area contributed by atoms with Crippen LogP contribution in [0.25, 0.3) is 0 Å². The van der Waals surface area contributed by atoms with Gasteiger partial charge in [0.25, 0.3) is 11.6 Å². The average Bonchev–Trinajstić information content (AvgIpc) is 2.76. The molecule has 2 aromatic carbocycles. The van der Waals surface area contributed by atoms with Gasteiger partial charge in [-0.1, -0.05) is 17.7 Å². The molecule has 1 fully saturated rings. The maximum Gasteiger partial charge on any atom is 0.277 e. The number of carbonyl (C=O) groups excluding carboxylic acids is 2. The van der Waals surface area contributed by atoms with Gasteiger partial charge in [-0.25, -0.2) is 0 Å². The zero-order valence-electron chi connectivity index (χ0n) is 17.8. The molecule has 0 saturated carbocycles. The molecule has 0 unspecified atom stereocenters. The average molecular weight is 426 g/mol. The Hall–Kier alpha value is -3.46. The first kappa shape index (κ1) is 22.2. The van der Waals surface area contributed by atoms with Crippen LogP contribution in [0.15, 0.2) is 48.5 Å². The summed E-state index contributed by atoms with van der Waals surface area (Å²) in [7, 11) is 1.64. The summed E-state index contributed by atoms with van der Waals surface area (Å²) in [5.41, 5.74) is 2.85. The molecule has 0 aliphatic carbocycles. The molecular weight excluding hydrogens is 398 g/mol. The molecule has 0 atom stereocenters. The quantitative estimate of drug-likeness (QED) is 0.502. The van der Waals surface area contributed by atoms with Crippen molar-refractivity contribution < 1.29 is 19.4 Å². The number of benzene rings is 2. The highest BCUT2D eigenvalue weighted by molar-refractivity contribution is 5.94. The lowest BCUT2D eigenvalue weighted by molar-refractivity contribution is -0.892. The Bertz CT molecular complexity index is 922. The zero-order valence-corrected chi connectivity index (χ0v) is 17.8. The fourth-order valence-corrected chi connectivity index (χ4v) is 3.53. The smallest absolute Gasteiger partial charge is 0.277 e. The minimum atomic E-state index is -0.408. The molecule has 0 spiro atoms. The number of nitro groups is 1. The van der Waals surface area contributed by atoms with Gasteiger partial charge < -0.3 is 20.0 Å². The number of nitrogens with zero attached hydrogens (tertiary/aromatic N) is 3. The van der Waals surface area contributed by atoms with Gasteiger partial charge in [-0.2, -0.15) is 0 Å². The second-order valence-electron chi connectivity index (χ2n) is 7.85. The molecule has 1 aliphatic heterocycles. The van der Waals surface area contributed by atoms with Crippen LogP contribution in [-0.2, 0) is 9.59 Å². The number of likely N-dealkylation sites (N-methyl/N-ethyl adjacent to an activating group) is 1. The van der Waals surface area contributed by atoms with E-state index >= 15 is 0 Å². The van der Waals surface area contributed by atoms with E-state index in [4.69, 9.17) is 0 Å². The summed E-state index contributed by atoms with van der Waals surface area (Å²) < 4.78 is 0. The third kappa shape index (κ3) is 6.26. The van der Waals surface area contributed by atoms with Crippen LogP contribution in [0.1, 0.15) is 5.56 Å². The number of anilines is 2.